The summed E-state index contributed by atoms with van der Waals surface area (Å²) in [5.41, 5.74) is 0.107. The Labute approximate surface area is 142 Å². The molecule has 0 radical (unpaired) electrons. The van der Waals surface area contributed by atoms with Gasteiger partial charge in [0.05, 0.1) is 21.5 Å². The Kier molecular flexibility index (Phi) is 4.55. The molecule has 1 aliphatic heterocycles. The predicted octanol–water partition coefficient (Wildman–Crippen LogP) is 3.84. The summed E-state index contributed by atoms with van der Waals surface area (Å²) in [5, 5.41) is 3.81. The molecule has 1 atom stereocenters. The fraction of sp³-hybridized carbons (Fsp3) is 0.400. The van der Waals surface area contributed by atoms with Crippen LogP contribution in [0.25, 0.3) is 0 Å². The third-order valence-corrected chi connectivity index (χ3v) is 4.44. The zero-order valence-electron chi connectivity index (χ0n) is 12.4. The van der Waals surface area contributed by atoms with Crippen molar-refractivity contribution in [2.75, 3.05) is 13.1 Å². The van der Waals surface area contributed by atoms with Crippen molar-refractivity contribution in [1.82, 2.24) is 15.0 Å². The number of aromatic nitrogens is 2. The highest BCUT2D eigenvalue weighted by atomic mass is 35.5. The van der Waals surface area contributed by atoms with E-state index in [0.29, 0.717) is 24.8 Å². The number of amides is 1. The quantitative estimate of drug-likeness (QED) is 0.766. The molecule has 5 nitrogen and oxygen atoms in total. The second kappa shape index (κ2) is 6.45. The summed E-state index contributed by atoms with van der Waals surface area (Å²) in [6.07, 6.45) is 1.65. The van der Waals surface area contributed by atoms with Crippen LogP contribution in [0.4, 0.5) is 4.39 Å². The van der Waals surface area contributed by atoms with E-state index < -0.39 is 5.82 Å². The zero-order chi connectivity index (χ0) is 16.6. The second-order valence-electron chi connectivity index (χ2n) is 5.52. The van der Waals surface area contributed by atoms with Gasteiger partial charge >= 0.3 is 0 Å². The molecule has 0 spiro atoms. The van der Waals surface area contributed by atoms with Crippen molar-refractivity contribution >= 4 is 29.1 Å². The summed E-state index contributed by atoms with van der Waals surface area (Å²) < 4.78 is 18.8. The summed E-state index contributed by atoms with van der Waals surface area (Å²) in [7, 11) is 0. The highest BCUT2D eigenvalue weighted by Crippen LogP contribution is 2.29. The summed E-state index contributed by atoms with van der Waals surface area (Å²) >= 11 is 11.7. The molecular formula is C15H14Cl2FN3O2. The van der Waals surface area contributed by atoms with E-state index in [-0.39, 0.29) is 27.4 Å². The lowest BCUT2D eigenvalue weighted by molar-refractivity contribution is 0.0695. The maximum absolute atomic E-state index is 13.6. The van der Waals surface area contributed by atoms with Crippen molar-refractivity contribution in [2.24, 2.45) is 0 Å². The fourth-order valence-corrected chi connectivity index (χ4v) is 3.16. The average Bonchev–Trinajstić information content (AvgIpc) is 2.97. The van der Waals surface area contributed by atoms with Crippen LogP contribution in [0, 0.1) is 12.7 Å². The first-order valence-corrected chi connectivity index (χ1v) is 7.95. The first kappa shape index (κ1) is 16.2. The topological polar surface area (TPSA) is 59.2 Å². The second-order valence-corrected chi connectivity index (χ2v) is 6.33. The number of hydrogen-bond acceptors (Lipinski definition) is 4. The van der Waals surface area contributed by atoms with Gasteiger partial charge in [0, 0.05) is 13.1 Å². The Balaban J connectivity index is 1.81. The van der Waals surface area contributed by atoms with E-state index in [0.717, 1.165) is 18.9 Å². The lowest BCUT2D eigenvalue weighted by Crippen LogP contribution is -2.39. The van der Waals surface area contributed by atoms with E-state index in [1.165, 1.54) is 6.07 Å². The minimum absolute atomic E-state index is 0.0233. The molecule has 23 heavy (non-hydrogen) atoms. The molecule has 0 aliphatic carbocycles. The van der Waals surface area contributed by atoms with Crippen molar-refractivity contribution < 1.29 is 13.7 Å². The lowest BCUT2D eigenvalue weighted by atomic mass is 9.97. The van der Waals surface area contributed by atoms with Gasteiger partial charge in [0.2, 0.25) is 5.89 Å². The minimum atomic E-state index is -0.666. The van der Waals surface area contributed by atoms with Gasteiger partial charge in [0.25, 0.3) is 5.91 Å². The Morgan fingerprint density at radius 2 is 2.17 bits per heavy atom. The molecule has 0 saturated carbocycles. The molecule has 1 aromatic heterocycles. The number of rotatable bonds is 2. The van der Waals surface area contributed by atoms with E-state index in [1.807, 2.05) is 0 Å². The molecular weight excluding hydrogens is 344 g/mol. The molecule has 1 saturated heterocycles. The fourth-order valence-electron chi connectivity index (χ4n) is 2.70. The number of piperidine rings is 1. The SMILES string of the molecule is Cc1noc(C2CCCN(C(=O)c3cc(F)c(Cl)cc3Cl)C2)n1. The Hall–Kier alpha value is -1.66. The van der Waals surface area contributed by atoms with Gasteiger partial charge in [0.15, 0.2) is 5.82 Å². The van der Waals surface area contributed by atoms with E-state index in [2.05, 4.69) is 10.1 Å². The Bertz CT molecular complexity index is 750. The number of carbonyl (C=O) groups is 1. The largest absolute Gasteiger partial charge is 0.339 e. The van der Waals surface area contributed by atoms with Gasteiger partial charge in [-0.05, 0) is 31.9 Å². The first-order valence-electron chi connectivity index (χ1n) is 7.19. The normalized spacial score (nSPS) is 18.3. The van der Waals surface area contributed by atoms with Crippen molar-refractivity contribution in [1.29, 1.82) is 0 Å². The number of nitrogens with zero attached hydrogens (tertiary/aromatic N) is 3. The predicted molar refractivity (Wildman–Crippen MR) is 83.3 cm³/mol. The monoisotopic (exact) mass is 357 g/mol. The molecule has 2 aromatic rings. The van der Waals surface area contributed by atoms with Crippen LogP contribution >= 0.6 is 23.2 Å². The van der Waals surface area contributed by atoms with Crippen molar-refractivity contribution in [3.63, 3.8) is 0 Å². The molecule has 1 amide bonds. The van der Waals surface area contributed by atoms with Crippen LogP contribution < -0.4 is 0 Å². The van der Waals surface area contributed by atoms with Gasteiger partial charge < -0.3 is 9.42 Å². The van der Waals surface area contributed by atoms with Crippen molar-refractivity contribution in [3.05, 3.63) is 45.3 Å². The molecule has 3 rings (SSSR count). The Morgan fingerprint density at radius 3 is 2.87 bits per heavy atom. The first-order chi connectivity index (χ1) is 11.0. The smallest absolute Gasteiger partial charge is 0.255 e. The van der Waals surface area contributed by atoms with Crippen LogP contribution in [0.3, 0.4) is 0 Å². The molecule has 0 bridgehead atoms. The summed E-state index contributed by atoms with van der Waals surface area (Å²) in [4.78, 5) is 18.5. The molecule has 2 heterocycles. The van der Waals surface area contributed by atoms with Crippen molar-refractivity contribution in [3.8, 4) is 0 Å². The number of benzene rings is 1. The average molecular weight is 358 g/mol. The molecule has 1 aromatic carbocycles. The Morgan fingerprint density at radius 1 is 1.39 bits per heavy atom. The van der Waals surface area contributed by atoms with Gasteiger partial charge in [-0.15, -0.1) is 0 Å². The molecule has 1 unspecified atom stereocenters. The molecule has 122 valence electrons. The van der Waals surface area contributed by atoms with Crippen LogP contribution in [0.2, 0.25) is 10.0 Å². The van der Waals surface area contributed by atoms with Crippen LogP contribution in [0.1, 0.15) is 40.8 Å². The summed E-state index contributed by atoms with van der Waals surface area (Å²) in [5.74, 6) is 0.0662. The van der Waals surface area contributed by atoms with Crippen molar-refractivity contribution in [2.45, 2.75) is 25.7 Å². The maximum Gasteiger partial charge on any atom is 0.255 e. The van der Waals surface area contributed by atoms with Gasteiger partial charge in [-0.3, -0.25) is 4.79 Å². The molecule has 1 fully saturated rings. The lowest BCUT2D eigenvalue weighted by Gasteiger charge is -2.31. The van der Waals surface area contributed by atoms with Gasteiger partial charge in [-0.2, -0.15) is 4.98 Å². The van der Waals surface area contributed by atoms with E-state index in [9.17, 15) is 9.18 Å². The number of aryl methyl sites for hydroxylation is 1. The highest BCUT2D eigenvalue weighted by molar-refractivity contribution is 6.36. The van der Waals surface area contributed by atoms with E-state index in [4.69, 9.17) is 27.7 Å². The van der Waals surface area contributed by atoms with E-state index in [1.54, 1.807) is 11.8 Å². The van der Waals surface area contributed by atoms with Gasteiger partial charge in [-0.25, -0.2) is 4.39 Å². The van der Waals surface area contributed by atoms with Crippen LogP contribution in [-0.4, -0.2) is 34.0 Å². The van der Waals surface area contributed by atoms with Crippen LogP contribution in [0.5, 0.6) is 0 Å². The van der Waals surface area contributed by atoms with Gasteiger partial charge in [-0.1, -0.05) is 28.4 Å². The maximum atomic E-state index is 13.6. The number of halogens is 3. The number of carbonyl (C=O) groups excluding carboxylic acids is 1. The van der Waals surface area contributed by atoms with Gasteiger partial charge in [0.1, 0.15) is 5.82 Å². The summed E-state index contributed by atoms with van der Waals surface area (Å²) in [6.45, 7) is 2.75. The molecule has 8 heteroatoms. The van der Waals surface area contributed by atoms with Crippen LogP contribution in [0.15, 0.2) is 16.7 Å². The molecule has 0 N–H and O–H groups in total. The number of hydrogen-bond donors (Lipinski definition) is 0. The number of likely N-dealkylation sites (tertiary alicyclic amines) is 1. The van der Waals surface area contributed by atoms with Crippen LogP contribution in [-0.2, 0) is 0 Å². The third-order valence-electron chi connectivity index (χ3n) is 3.84. The third kappa shape index (κ3) is 3.33. The van der Waals surface area contributed by atoms with E-state index >= 15 is 0 Å². The minimum Gasteiger partial charge on any atom is -0.339 e. The summed E-state index contributed by atoms with van der Waals surface area (Å²) in [6, 6.07) is 2.32. The zero-order valence-corrected chi connectivity index (χ0v) is 13.9. The highest BCUT2D eigenvalue weighted by Gasteiger charge is 2.30. The molecule has 1 aliphatic rings. The standard InChI is InChI=1S/C15H14Cl2FN3O2/c1-8-19-14(23-20-8)9-3-2-4-21(7-9)15(22)10-5-13(18)12(17)6-11(10)16/h5-6,9H,2-4,7H2,1H3.